The van der Waals surface area contributed by atoms with E-state index in [1.54, 1.807) is 0 Å². The first kappa shape index (κ1) is 8.53. The van der Waals surface area contributed by atoms with E-state index in [1.807, 2.05) is 6.42 Å². The van der Waals surface area contributed by atoms with Crippen LogP contribution in [0.25, 0.3) is 0 Å². The molecule has 0 spiro atoms. The summed E-state index contributed by atoms with van der Waals surface area (Å²) in [7, 11) is 0. The van der Waals surface area contributed by atoms with E-state index in [1.165, 1.54) is 12.3 Å². The zero-order chi connectivity index (χ0) is 9.47. The molecule has 69 valence electrons. The van der Waals surface area contributed by atoms with Crippen molar-refractivity contribution in [3.05, 3.63) is 36.0 Å². The summed E-state index contributed by atoms with van der Waals surface area (Å²) in [5, 5.41) is 0. The van der Waals surface area contributed by atoms with Gasteiger partial charge in [-0.2, -0.15) is 13.2 Å². The standard InChI is InChI=1S/C9H7F3N/c10-9(11,12)7-2-1-5-13-8(7)6-3-4-6/h1-3,5-6H,4H2. The fourth-order valence-electron chi connectivity index (χ4n) is 1.24. The van der Waals surface area contributed by atoms with Crippen molar-refractivity contribution in [1.29, 1.82) is 0 Å². The fraction of sp³-hybridized carbons (Fsp3) is 0.333. The molecule has 1 radical (unpaired) electrons. The van der Waals surface area contributed by atoms with Crippen LogP contribution in [0.3, 0.4) is 0 Å². The van der Waals surface area contributed by atoms with E-state index >= 15 is 0 Å². The van der Waals surface area contributed by atoms with Gasteiger partial charge in [0, 0.05) is 12.1 Å². The Morgan fingerprint density at radius 3 is 2.62 bits per heavy atom. The molecule has 0 N–H and O–H groups in total. The summed E-state index contributed by atoms with van der Waals surface area (Å²) in [6.07, 6.45) is -0.353. The van der Waals surface area contributed by atoms with E-state index in [9.17, 15) is 13.2 Å². The number of aromatic nitrogens is 1. The lowest BCUT2D eigenvalue weighted by Gasteiger charge is -2.10. The summed E-state index contributed by atoms with van der Waals surface area (Å²) in [6, 6.07) is 2.39. The molecule has 1 heterocycles. The van der Waals surface area contributed by atoms with Crippen LogP contribution >= 0.6 is 0 Å². The maximum atomic E-state index is 12.4. The zero-order valence-corrected chi connectivity index (χ0v) is 6.67. The van der Waals surface area contributed by atoms with Crippen LogP contribution in [0.1, 0.15) is 23.6 Å². The number of rotatable bonds is 1. The third-order valence-corrected chi connectivity index (χ3v) is 1.97. The zero-order valence-electron chi connectivity index (χ0n) is 6.67. The minimum absolute atomic E-state index is 0.0853. The molecule has 1 aliphatic carbocycles. The number of nitrogens with zero attached hydrogens (tertiary/aromatic N) is 1. The molecular weight excluding hydrogens is 179 g/mol. The van der Waals surface area contributed by atoms with Gasteiger partial charge in [0.2, 0.25) is 0 Å². The Hall–Kier alpha value is -1.06. The topological polar surface area (TPSA) is 12.9 Å². The summed E-state index contributed by atoms with van der Waals surface area (Å²) in [4.78, 5) is 3.76. The first-order valence-corrected chi connectivity index (χ1v) is 3.94. The molecule has 0 aromatic carbocycles. The van der Waals surface area contributed by atoms with Crippen LogP contribution in [-0.2, 0) is 6.18 Å². The molecule has 2 rings (SSSR count). The summed E-state index contributed by atoms with van der Waals surface area (Å²) in [6.45, 7) is 0. The van der Waals surface area contributed by atoms with Crippen molar-refractivity contribution in [2.45, 2.75) is 18.5 Å². The normalized spacial score (nSPS) is 17.5. The largest absolute Gasteiger partial charge is 0.418 e. The van der Waals surface area contributed by atoms with Crippen LogP contribution in [-0.4, -0.2) is 4.98 Å². The number of pyridine rings is 1. The van der Waals surface area contributed by atoms with Gasteiger partial charge in [-0.25, -0.2) is 0 Å². The molecule has 4 heteroatoms. The molecule has 1 fully saturated rings. The van der Waals surface area contributed by atoms with Gasteiger partial charge < -0.3 is 0 Å². The van der Waals surface area contributed by atoms with Crippen LogP contribution in [0.5, 0.6) is 0 Å². The minimum atomic E-state index is -4.28. The molecule has 0 saturated heterocycles. The highest BCUT2D eigenvalue weighted by Crippen LogP contribution is 2.43. The Balaban J connectivity index is 2.43. The van der Waals surface area contributed by atoms with Crippen molar-refractivity contribution in [3.63, 3.8) is 0 Å². The monoisotopic (exact) mass is 186 g/mol. The second kappa shape index (κ2) is 2.72. The smallest absolute Gasteiger partial charge is 0.260 e. The first-order valence-electron chi connectivity index (χ1n) is 3.94. The maximum absolute atomic E-state index is 12.4. The highest BCUT2D eigenvalue weighted by atomic mass is 19.4. The lowest BCUT2D eigenvalue weighted by atomic mass is 10.1. The average molecular weight is 186 g/mol. The summed E-state index contributed by atoms with van der Waals surface area (Å²) in [5.74, 6) is -0.0853. The number of hydrogen-bond donors (Lipinski definition) is 0. The molecule has 1 unspecified atom stereocenters. The Morgan fingerprint density at radius 1 is 1.38 bits per heavy atom. The van der Waals surface area contributed by atoms with E-state index in [4.69, 9.17) is 0 Å². The van der Waals surface area contributed by atoms with E-state index in [0.29, 0.717) is 6.42 Å². The average Bonchev–Trinajstić information content (AvgIpc) is 2.85. The van der Waals surface area contributed by atoms with E-state index in [0.717, 1.165) is 6.07 Å². The van der Waals surface area contributed by atoms with Crippen molar-refractivity contribution in [2.24, 2.45) is 0 Å². The summed E-state index contributed by atoms with van der Waals surface area (Å²) in [5.41, 5.74) is -0.441. The van der Waals surface area contributed by atoms with Gasteiger partial charge in [0.05, 0.1) is 11.3 Å². The van der Waals surface area contributed by atoms with Gasteiger partial charge in [-0.1, -0.05) is 0 Å². The SMILES string of the molecule is FC(F)(F)c1cccnc1C1[CH]C1. The minimum Gasteiger partial charge on any atom is -0.260 e. The lowest BCUT2D eigenvalue weighted by Crippen LogP contribution is -2.09. The summed E-state index contributed by atoms with van der Waals surface area (Å²) < 4.78 is 37.1. The molecule has 0 bridgehead atoms. The summed E-state index contributed by atoms with van der Waals surface area (Å²) >= 11 is 0. The number of alkyl halides is 3. The second-order valence-corrected chi connectivity index (χ2v) is 3.01. The van der Waals surface area contributed by atoms with Gasteiger partial charge in [-0.3, -0.25) is 4.98 Å². The van der Waals surface area contributed by atoms with Gasteiger partial charge in [0.1, 0.15) is 0 Å². The predicted octanol–water partition coefficient (Wildman–Crippen LogP) is 2.79. The van der Waals surface area contributed by atoms with Gasteiger partial charge in [-0.15, -0.1) is 0 Å². The Morgan fingerprint density at radius 2 is 2.08 bits per heavy atom. The van der Waals surface area contributed by atoms with Crippen LogP contribution < -0.4 is 0 Å². The Kier molecular flexibility index (Phi) is 1.78. The highest BCUT2D eigenvalue weighted by Gasteiger charge is 2.38. The van der Waals surface area contributed by atoms with Crippen molar-refractivity contribution in [3.8, 4) is 0 Å². The Bertz CT molecular complexity index is 315. The Labute approximate surface area is 73.6 Å². The highest BCUT2D eigenvalue weighted by molar-refractivity contribution is 5.33. The van der Waals surface area contributed by atoms with Crippen LogP contribution in [0.4, 0.5) is 13.2 Å². The third-order valence-electron chi connectivity index (χ3n) is 1.97. The van der Waals surface area contributed by atoms with E-state index in [-0.39, 0.29) is 11.6 Å². The number of halogens is 3. The maximum Gasteiger partial charge on any atom is 0.418 e. The van der Waals surface area contributed by atoms with Gasteiger partial charge in [0.25, 0.3) is 0 Å². The fourth-order valence-corrected chi connectivity index (χ4v) is 1.24. The molecule has 1 saturated carbocycles. The molecule has 1 aliphatic rings. The predicted molar refractivity (Wildman–Crippen MR) is 40.9 cm³/mol. The van der Waals surface area contributed by atoms with E-state index < -0.39 is 11.7 Å². The van der Waals surface area contributed by atoms with Crippen molar-refractivity contribution in [2.75, 3.05) is 0 Å². The van der Waals surface area contributed by atoms with Gasteiger partial charge >= 0.3 is 6.18 Å². The molecule has 0 aliphatic heterocycles. The molecule has 13 heavy (non-hydrogen) atoms. The van der Waals surface area contributed by atoms with Crippen molar-refractivity contribution < 1.29 is 13.2 Å². The van der Waals surface area contributed by atoms with Crippen molar-refractivity contribution in [1.82, 2.24) is 4.98 Å². The van der Waals surface area contributed by atoms with Crippen molar-refractivity contribution >= 4 is 0 Å². The molecule has 1 aromatic rings. The van der Waals surface area contributed by atoms with Gasteiger partial charge in [0.15, 0.2) is 0 Å². The molecule has 1 aromatic heterocycles. The second-order valence-electron chi connectivity index (χ2n) is 3.01. The third kappa shape index (κ3) is 1.66. The van der Waals surface area contributed by atoms with Crippen LogP contribution in [0.15, 0.2) is 18.3 Å². The van der Waals surface area contributed by atoms with Gasteiger partial charge in [-0.05, 0) is 25.0 Å². The number of hydrogen-bond acceptors (Lipinski definition) is 1. The first-order chi connectivity index (χ1) is 6.09. The molecule has 1 nitrogen and oxygen atoms in total. The molecule has 0 amide bonds. The van der Waals surface area contributed by atoms with E-state index in [2.05, 4.69) is 4.98 Å². The van der Waals surface area contributed by atoms with Crippen LogP contribution in [0.2, 0.25) is 0 Å². The quantitative estimate of drug-likeness (QED) is 0.657. The van der Waals surface area contributed by atoms with Crippen LogP contribution in [0, 0.1) is 6.42 Å². The molecule has 1 atom stereocenters. The molecular formula is C9H7F3N. The lowest BCUT2D eigenvalue weighted by molar-refractivity contribution is -0.138.